The Kier molecular flexibility index (Phi) is 8.90. The van der Waals surface area contributed by atoms with Gasteiger partial charge in [0.1, 0.15) is 0 Å². The molecule has 8 aromatic rings. The third-order valence-corrected chi connectivity index (χ3v) is 15.5. The average Bonchev–Trinajstić information content (AvgIpc) is 3.63. The van der Waals surface area contributed by atoms with Crippen molar-refractivity contribution in [3.8, 4) is 0 Å². The summed E-state index contributed by atoms with van der Waals surface area (Å²) in [7, 11) is 0. The summed E-state index contributed by atoms with van der Waals surface area (Å²) in [5, 5.41) is 1.29. The van der Waals surface area contributed by atoms with Crippen LogP contribution < -0.4 is 30.4 Å². The number of thiophene rings is 1. The summed E-state index contributed by atoms with van der Waals surface area (Å²) in [6, 6.07) is 58.1. The molecule has 0 aliphatic carbocycles. The Morgan fingerprint density at radius 3 is 1.58 bits per heavy atom. The smallest absolute Gasteiger partial charge is 0.264 e. The number of fused-ring (bicyclic) bond motifs is 8. The van der Waals surface area contributed by atoms with Gasteiger partial charge in [0, 0.05) is 54.4 Å². The zero-order valence-electron chi connectivity index (χ0n) is 39.3. The second kappa shape index (κ2) is 14.0. The number of para-hydroxylation sites is 2. The lowest BCUT2D eigenvalue weighted by molar-refractivity contribution is 0.590. The highest BCUT2D eigenvalue weighted by atomic mass is 32.1. The lowest BCUT2D eigenvalue weighted by Crippen LogP contribution is -2.60. The zero-order valence-corrected chi connectivity index (χ0v) is 40.1. The zero-order chi connectivity index (χ0) is 44.7. The number of nitrogens with zero attached hydrogens (tertiary/aromatic N) is 3. The molecule has 0 amide bonds. The average molecular weight is 852 g/mol. The molecule has 0 atom stereocenters. The van der Waals surface area contributed by atoms with Crippen molar-refractivity contribution in [1.29, 1.82) is 0 Å². The van der Waals surface area contributed by atoms with Gasteiger partial charge in [0.2, 0.25) is 0 Å². The van der Waals surface area contributed by atoms with E-state index < -0.39 is 0 Å². The number of hydrogen-bond donors (Lipinski definition) is 0. The fourth-order valence-electron chi connectivity index (χ4n) is 10.7. The van der Waals surface area contributed by atoms with Gasteiger partial charge in [-0.1, -0.05) is 155 Å². The summed E-state index contributed by atoms with van der Waals surface area (Å²) in [6.07, 6.45) is 0. The van der Waals surface area contributed by atoms with Gasteiger partial charge in [-0.3, -0.25) is 0 Å². The van der Waals surface area contributed by atoms with Crippen LogP contribution in [0.5, 0.6) is 0 Å². The Morgan fingerprint density at radius 2 is 0.953 bits per heavy atom. The predicted molar refractivity (Wildman–Crippen MR) is 279 cm³/mol. The third-order valence-electron chi connectivity index (χ3n) is 14.3. The molecule has 0 bridgehead atoms. The molecule has 3 aliphatic heterocycles. The first-order valence-electron chi connectivity index (χ1n) is 23.1. The van der Waals surface area contributed by atoms with Crippen molar-refractivity contribution in [3.05, 3.63) is 179 Å². The van der Waals surface area contributed by atoms with Crippen LogP contribution in [0.25, 0.3) is 10.1 Å². The quantitative estimate of drug-likeness (QED) is 0.164. The molecule has 3 nitrogen and oxygen atoms in total. The van der Waals surface area contributed by atoms with Crippen molar-refractivity contribution >= 4 is 95.0 Å². The standard InChI is InChI=1S/C59H58BN3S/c1-56(2,3)37-24-29-41(30-25-37)62-48-33-28-39(58(7,8)9)34-46(48)60-53-49(62)22-17-23-50(53)63(42-31-26-38(27-32-42)57(4,5)6)54-43-35-51-45(36-52(43)64-55(54)60)59(10,11)44-20-15-16-21-47(44)61(51)40-18-13-12-14-19-40/h12-36H,1-11H3. The SMILES string of the molecule is CC(C)(C)c1ccc(N2c3ccc(C(C)(C)C)cc3B3c4sc5cc6c(cc5c4N(c4ccc(C(C)(C)C)cc4)c4cccc2c43)N(c2ccccc2)c2ccccc2C6(C)C)cc1. The normalized spacial score (nSPS) is 15.1. The van der Waals surface area contributed by atoms with Crippen molar-refractivity contribution in [3.63, 3.8) is 0 Å². The molecule has 0 saturated heterocycles. The third kappa shape index (κ3) is 6.14. The minimum absolute atomic E-state index is 0.0208. The molecule has 0 saturated carbocycles. The second-order valence-electron chi connectivity index (χ2n) is 21.9. The summed E-state index contributed by atoms with van der Waals surface area (Å²) >= 11 is 2.00. The maximum absolute atomic E-state index is 2.61. The number of hydrogen-bond acceptors (Lipinski definition) is 4. The van der Waals surface area contributed by atoms with Gasteiger partial charge in [-0.25, -0.2) is 0 Å². The predicted octanol–water partition coefficient (Wildman–Crippen LogP) is 15.0. The van der Waals surface area contributed by atoms with Gasteiger partial charge in [-0.2, -0.15) is 0 Å². The molecule has 1 aromatic heterocycles. The summed E-state index contributed by atoms with van der Waals surface area (Å²) < 4.78 is 2.72. The first-order valence-corrected chi connectivity index (χ1v) is 23.9. The van der Waals surface area contributed by atoms with E-state index in [4.69, 9.17) is 0 Å². The van der Waals surface area contributed by atoms with Gasteiger partial charge in [0.15, 0.2) is 0 Å². The second-order valence-corrected chi connectivity index (χ2v) is 23.0. The lowest BCUT2D eigenvalue weighted by atomic mass is 9.36. The fourth-order valence-corrected chi connectivity index (χ4v) is 12.0. The minimum atomic E-state index is -0.212. The highest BCUT2D eigenvalue weighted by Gasteiger charge is 2.46. The van der Waals surface area contributed by atoms with Crippen LogP contribution >= 0.6 is 11.3 Å². The first-order chi connectivity index (χ1) is 30.4. The van der Waals surface area contributed by atoms with Gasteiger partial charge < -0.3 is 14.7 Å². The number of benzene rings is 7. The Hall–Kier alpha value is -6.04. The van der Waals surface area contributed by atoms with Crippen molar-refractivity contribution < 1.29 is 0 Å². The summed E-state index contributed by atoms with van der Waals surface area (Å²) in [5.41, 5.74) is 20.4. The molecule has 4 heterocycles. The Morgan fingerprint density at radius 1 is 0.438 bits per heavy atom. The van der Waals surface area contributed by atoms with Gasteiger partial charge in [-0.15, -0.1) is 11.3 Å². The molecule has 0 fully saturated rings. The lowest BCUT2D eigenvalue weighted by Gasteiger charge is -2.44. The summed E-state index contributed by atoms with van der Waals surface area (Å²) in [4.78, 5) is 7.65. The van der Waals surface area contributed by atoms with E-state index in [9.17, 15) is 0 Å². The van der Waals surface area contributed by atoms with Crippen LogP contribution in [0.2, 0.25) is 0 Å². The van der Waals surface area contributed by atoms with Gasteiger partial charge in [-0.05, 0) is 128 Å². The monoisotopic (exact) mass is 851 g/mol. The molecule has 5 heteroatoms. The van der Waals surface area contributed by atoms with Crippen LogP contribution in [0.3, 0.4) is 0 Å². The minimum Gasteiger partial charge on any atom is -0.311 e. The van der Waals surface area contributed by atoms with Crippen LogP contribution in [0.15, 0.2) is 152 Å². The first kappa shape index (κ1) is 40.7. The molecule has 11 rings (SSSR count). The Balaban J connectivity index is 1.23. The molecule has 0 N–H and O–H groups in total. The molecule has 0 spiro atoms. The van der Waals surface area contributed by atoms with Crippen LogP contribution in [0, 0.1) is 0 Å². The van der Waals surface area contributed by atoms with E-state index in [2.05, 4.69) is 243 Å². The molecule has 3 aliphatic rings. The molecular formula is C59H58BN3S. The number of anilines is 9. The van der Waals surface area contributed by atoms with Gasteiger partial charge in [0.25, 0.3) is 6.71 Å². The Bertz CT molecular complexity index is 3140. The van der Waals surface area contributed by atoms with Crippen LogP contribution in [-0.4, -0.2) is 6.71 Å². The van der Waals surface area contributed by atoms with Gasteiger partial charge >= 0.3 is 0 Å². The van der Waals surface area contributed by atoms with Crippen LogP contribution in [0.1, 0.15) is 104 Å². The molecular weight excluding hydrogens is 794 g/mol. The Labute approximate surface area is 385 Å². The summed E-state index contributed by atoms with van der Waals surface area (Å²) in [5.74, 6) is 0. The molecule has 0 radical (unpaired) electrons. The topological polar surface area (TPSA) is 9.72 Å². The summed E-state index contributed by atoms with van der Waals surface area (Å²) in [6.45, 7) is 25.7. The molecule has 318 valence electrons. The van der Waals surface area contributed by atoms with Crippen LogP contribution in [0.4, 0.5) is 51.2 Å². The van der Waals surface area contributed by atoms with Crippen molar-refractivity contribution in [2.45, 2.75) is 97.8 Å². The van der Waals surface area contributed by atoms with Gasteiger partial charge in [0.05, 0.1) is 17.1 Å². The largest absolute Gasteiger partial charge is 0.311 e. The van der Waals surface area contributed by atoms with E-state index in [1.165, 1.54) is 105 Å². The van der Waals surface area contributed by atoms with E-state index in [1.54, 1.807) is 0 Å². The van der Waals surface area contributed by atoms with Crippen molar-refractivity contribution in [2.75, 3.05) is 14.7 Å². The fraction of sp³-hybridized carbons (Fsp3) is 0.254. The van der Waals surface area contributed by atoms with E-state index in [0.29, 0.717) is 0 Å². The highest BCUT2D eigenvalue weighted by molar-refractivity contribution is 7.33. The van der Waals surface area contributed by atoms with E-state index in [1.807, 2.05) is 11.3 Å². The van der Waals surface area contributed by atoms with E-state index >= 15 is 0 Å². The van der Waals surface area contributed by atoms with Crippen molar-refractivity contribution in [2.24, 2.45) is 0 Å². The van der Waals surface area contributed by atoms with Crippen molar-refractivity contribution in [1.82, 2.24) is 0 Å². The maximum atomic E-state index is 2.61. The van der Waals surface area contributed by atoms with Crippen LogP contribution in [-0.2, 0) is 21.7 Å². The van der Waals surface area contributed by atoms with E-state index in [-0.39, 0.29) is 28.4 Å². The van der Waals surface area contributed by atoms with E-state index in [0.717, 1.165) is 0 Å². The number of rotatable bonds is 3. The molecule has 64 heavy (non-hydrogen) atoms. The molecule has 0 unspecified atom stereocenters. The highest BCUT2D eigenvalue weighted by Crippen LogP contribution is 2.55. The molecule has 7 aromatic carbocycles. The maximum Gasteiger partial charge on any atom is 0.264 e.